The summed E-state index contributed by atoms with van der Waals surface area (Å²) >= 11 is 5.94. The quantitative estimate of drug-likeness (QED) is 0.781. The maximum Gasteiger partial charge on any atom is 0.247 e. The summed E-state index contributed by atoms with van der Waals surface area (Å²) in [4.78, 5) is 0. The molecular formula is C14H13ClN4O2. The van der Waals surface area contributed by atoms with E-state index in [0.717, 1.165) is 11.1 Å². The molecule has 0 fully saturated rings. The fraction of sp³-hybridized carbons (Fsp3) is 0.214. The van der Waals surface area contributed by atoms with Crippen LogP contribution in [0.1, 0.15) is 11.5 Å². The average Bonchev–Trinajstić information content (AvgIpc) is 3.10. The second-order valence-corrected chi connectivity index (χ2v) is 4.97. The molecule has 0 unspecified atom stereocenters. The molecule has 6 nitrogen and oxygen atoms in total. The summed E-state index contributed by atoms with van der Waals surface area (Å²) in [5, 5.41) is 21.7. The first-order valence-corrected chi connectivity index (χ1v) is 6.83. The van der Waals surface area contributed by atoms with E-state index in [1.54, 1.807) is 23.0 Å². The first-order valence-electron chi connectivity index (χ1n) is 6.45. The lowest BCUT2D eigenvalue weighted by Gasteiger charge is -1.96. The molecule has 0 saturated heterocycles. The fourth-order valence-corrected chi connectivity index (χ4v) is 2.14. The summed E-state index contributed by atoms with van der Waals surface area (Å²) < 4.78 is 7.30. The zero-order valence-electron chi connectivity index (χ0n) is 11.1. The molecule has 0 radical (unpaired) electrons. The Morgan fingerprint density at radius 3 is 3.00 bits per heavy atom. The molecule has 2 heterocycles. The molecule has 1 aromatic carbocycles. The van der Waals surface area contributed by atoms with Gasteiger partial charge in [-0.3, -0.25) is 4.68 Å². The second-order valence-electron chi connectivity index (χ2n) is 4.53. The lowest BCUT2D eigenvalue weighted by molar-refractivity contribution is 0.299. The zero-order valence-corrected chi connectivity index (χ0v) is 11.9. The van der Waals surface area contributed by atoms with Gasteiger partial charge in [-0.25, -0.2) is 0 Å². The van der Waals surface area contributed by atoms with E-state index < -0.39 is 0 Å². The van der Waals surface area contributed by atoms with Crippen LogP contribution in [0.2, 0.25) is 5.02 Å². The van der Waals surface area contributed by atoms with E-state index in [0.29, 0.717) is 29.8 Å². The SMILES string of the molecule is OCCc1cnn(Cc2nnc(-c3cccc(Cl)c3)o2)c1. The van der Waals surface area contributed by atoms with E-state index in [-0.39, 0.29) is 6.61 Å². The molecule has 0 aliphatic heterocycles. The van der Waals surface area contributed by atoms with Gasteiger partial charge in [0.1, 0.15) is 6.54 Å². The summed E-state index contributed by atoms with van der Waals surface area (Å²) in [6.07, 6.45) is 4.14. The van der Waals surface area contributed by atoms with Crippen molar-refractivity contribution in [1.82, 2.24) is 20.0 Å². The van der Waals surface area contributed by atoms with Crippen LogP contribution in [0.3, 0.4) is 0 Å². The molecule has 3 aromatic rings. The van der Waals surface area contributed by atoms with E-state index in [4.69, 9.17) is 21.1 Å². The number of hydrogen-bond acceptors (Lipinski definition) is 5. The van der Waals surface area contributed by atoms with E-state index in [1.807, 2.05) is 18.3 Å². The molecule has 1 N–H and O–H groups in total. The van der Waals surface area contributed by atoms with Crippen molar-refractivity contribution in [3.63, 3.8) is 0 Å². The molecule has 0 bridgehead atoms. The highest BCUT2D eigenvalue weighted by atomic mass is 35.5. The van der Waals surface area contributed by atoms with E-state index in [9.17, 15) is 0 Å². The van der Waals surface area contributed by atoms with E-state index in [1.165, 1.54) is 0 Å². The number of hydrogen-bond donors (Lipinski definition) is 1. The normalized spacial score (nSPS) is 11.0. The van der Waals surface area contributed by atoms with Crippen molar-refractivity contribution in [3.05, 3.63) is 53.1 Å². The summed E-state index contributed by atoms with van der Waals surface area (Å²) in [5.41, 5.74) is 1.75. The smallest absolute Gasteiger partial charge is 0.247 e. The Kier molecular flexibility index (Phi) is 3.98. The van der Waals surface area contributed by atoms with Gasteiger partial charge < -0.3 is 9.52 Å². The molecule has 3 rings (SSSR count). The Morgan fingerprint density at radius 1 is 1.29 bits per heavy atom. The minimum Gasteiger partial charge on any atom is -0.419 e. The predicted octanol–water partition coefficient (Wildman–Crippen LogP) is 2.17. The highest BCUT2D eigenvalue weighted by Gasteiger charge is 2.10. The summed E-state index contributed by atoms with van der Waals surface area (Å²) in [6, 6.07) is 7.24. The average molecular weight is 305 g/mol. The largest absolute Gasteiger partial charge is 0.419 e. The van der Waals surface area contributed by atoms with Gasteiger partial charge in [0.25, 0.3) is 0 Å². The number of benzene rings is 1. The third-order valence-corrected chi connectivity index (χ3v) is 3.16. The maximum absolute atomic E-state index is 8.88. The van der Waals surface area contributed by atoms with E-state index >= 15 is 0 Å². The van der Waals surface area contributed by atoms with Crippen LogP contribution in [-0.2, 0) is 13.0 Å². The monoisotopic (exact) mass is 304 g/mol. The Bertz CT molecular complexity index is 738. The fourth-order valence-electron chi connectivity index (χ4n) is 1.95. The molecule has 0 atom stereocenters. The first kappa shape index (κ1) is 13.8. The Morgan fingerprint density at radius 2 is 2.19 bits per heavy atom. The number of rotatable bonds is 5. The van der Waals surface area contributed by atoms with Crippen LogP contribution >= 0.6 is 11.6 Å². The number of halogens is 1. The van der Waals surface area contributed by atoms with Crippen LogP contribution in [-0.4, -0.2) is 31.7 Å². The van der Waals surface area contributed by atoms with Gasteiger partial charge in [-0.1, -0.05) is 17.7 Å². The van der Waals surface area contributed by atoms with Crippen LogP contribution < -0.4 is 0 Å². The number of aliphatic hydroxyl groups excluding tert-OH is 1. The van der Waals surface area contributed by atoms with Gasteiger partial charge in [0.05, 0.1) is 6.20 Å². The molecule has 0 aliphatic carbocycles. The van der Waals surface area contributed by atoms with Gasteiger partial charge in [0.2, 0.25) is 11.8 Å². The van der Waals surface area contributed by atoms with Crippen LogP contribution in [0.15, 0.2) is 41.1 Å². The molecule has 2 aromatic heterocycles. The lowest BCUT2D eigenvalue weighted by atomic mass is 10.2. The topological polar surface area (TPSA) is 77.0 Å². The maximum atomic E-state index is 8.88. The predicted molar refractivity (Wildman–Crippen MR) is 76.9 cm³/mol. The standard InChI is InChI=1S/C14H13ClN4O2/c15-12-3-1-2-11(6-12)14-18-17-13(21-14)9-19-8-10(4-5-20)7-16-19/h1-3,6-8,20H,4-5,9H2. The molecule has 0 spiro atoms. The van der Waals surface area contributed by atoms with Gasteiger partial charge in [0.15, 0.2) is 0 Å². The van der Waals surface area contributed by atoms with Crippen molar-refractivity contribution in [2.24, 2.45) is 0 Å². The summed E-state index contributed by atoms with van der Waals surface area (Å²) in [6.45, 7) is 0.490. The number of nitrogens with zero attached hydrogens (tertiary/aromatic N) is 4. The Hall–Kier alpha value is -2.18. The number of aliphatic hydroxyl groups is 1. The molecule has 0 amide bonds. The highest BCUT2D eigenvalue weighted by Crippen LogP contribution is 2.21. The van der Waals surface area contributed by atoms with Crippen molar-refractivity contribution >= 4 is 11.6 Å². The van der Waals surface area contributed by atoms with Gasteiger partial charge in [-0.15, -0.1) is 10.2 Å². The molecule has 0 saturated carbocycles. The van der Waals surface area contributed by atoms with Crippen molar-refractivity contribution in [2.45, 2.75) is 13.0 Å². The zero-order chi connectivity index (χ0) is 14.7. The molecule has 7 heteroatoms. The summed E-state index contributed by atoms with van der Waals surface area (Å²) in [7, 11) is 0. The number of aromatic nitrogens is 4. The van der Waals surface area contributed by atoms with E-state index in [2.05, 4.69) is 15.3 Å². The van der Waals surface area contributed by atoms with Crippen molar-refractivity contribution < 1.29 is 9.52 Å². The highest BCUT2D eigenvalue weighted by molar-refractivity contribution is 6.30. The minimum atomic E-state index is 0.102. The lowest BCUT2D eigenvalue weighted by Crippen LogP contribution is -2.00. The van der Waals surface area contributed by atoms with Gasteiger partial charge in [-0.2, -0.15) is 5.10 Å². The van der Waals surface area contributed by atoms with Crippen LogP contribution in [0.4, 0.5) is 0 Å². The molecular weight excluding hydrogens is 292 g/mol. The van der Waals surface area contributed by atoms with Gasteiger partial charge in [-0.05, 0) is 30.2 Å². The van der Waals surface area contributed by atoms with Crippen molar-refractivity contribution in [2.75, 3.05) is 6.61 Å². The van der Waals surface area contributed by atoms with Crippen LogP contribution in [0.25, 0.3) is 11.5 Å². The minimum absolute atomic E-state index is 0.102. The Labute approximate surface area is 126 Å². The molecule has 21 heavy (non-hydrogen) atoms. The molecule has 108 valence electrons. The first-order chi connectivity index (χ1) is 10.2. The third-order valence-electron chi connectivity index (χ3n) is 2.92. The van der Waals surface area contributed by atoms with Crippen molar-refractivity contribution in [3.8, 4) is 11.5 Å². The second kappa shape index (κ2) is 6.07. The van der Waals surface area contributed by atoms with Gasteiger partial charge in [0, 0.05) is 23.4 Å². The third kappa shape index (κ3) is 3.29. The summed E-state index contributed by atoms with van der Waals surface area (Å²) in [5.74, 6) is 0.888. The van der Waals surface area contributed by atoms with Crippen LogP contribution in [0, 0.1) is 0 Å². The van der Waals surface area contributed by atoms with Crippen molar-refractivity contribution in [1.29, 1.82) is 0 Å². The molecule has 0 aliphatic rings. The van der Waals surface area contributed by atoms with Crippen LogP contribution in [0.5, 0.6) is 0 Å². The van der Waals surface area contributed by atoms with Gasteiger partial charge >= 0.3 is 0 Å². The Balaban J connectivity index is 1.75.